The number of hydrogen-bond donors (Lipinski definition) is 1. The van der Waals surface area contributed by atoms with Crippen molar-refractivity contribution < 1.29 is 0 Å². The van der Waals surface area contributed by atoms with Gasteiger partial charge >= 0.3 is 0 Å². The quantitative estimate of drug-likeness (QED) is 0.626. The van der Waals surface area contributed by atoms with Gasteiger partial charge in [-0.1, -0.05) is 6.07 Å². The highest BCUT2D eigenvalue weighted by Gasteiger charge is 2.04. The molecule has 3 aromatic heterocycles. The van der Waals surface area contributed by atoms with E-state index in [-0.39, 0.29) is 0 Å². The fraction of sp³-hybridized carbons (Fsp3) is 0. The van der Waals surface area contributed by atoms with E-state index < -0.39 is 0 Å². The molecule has 0 saturated heterocycles. The lowest BCUT2D eigenvalue weighted by Gasteiger charge is -1.96. The van der Waals surface area contributed by atoms with Crippen LogP contribution in [0.1, 0.15) is 0 Å². The minimum Gasteiger partial charge on any atom is -0.343 e. The first-order chi connectivity index (χ1) is 6.95. The van der Waals surface area contributed by atoms with Crippen LogP contribution in [0.2, 0.25) is 0 Å². The second-order valence-corrected chi connectivity index (χ2v) is 3.04. The first-order valence-electron chi connectivity index (χ1n) is 4.36. The minimum absolute atomic E-state index is 0.942. The van der Waals surface area contributed by atoms with Crippen LogP contribution in [0, 0.1) is 0 Å². The van der Waals surface area contributed by atoms with Gasteiger partial charge in [-0.15, -0.1) is 0 Å². The van der Waals surface area contributed by atoms with Crippen molar-refractivity contribution in [1.29, 1.82) is 0 Å². The Hall–Kier alpha value is -2.10. The standard InChI is InChI=1S/C10H8N4/c1-2-4-14-9(6-12-10(14)3-1)8-5-11-7-13-8/h1-7H,(H,11,13). The highest BCUT2D eigenvalue weighted by Crippen LogP contribution is 2.16. The third kappa shape index (κ3) is 0.939. The molecule has 0 bridgehead atoms. The molecule has 0 aliphatic rings. The van der Waals surface area contributed by atoms with Gasteiger partial charge in [0.1, 0.15) is 5.65 Å². The Bertz CT molecular complexity index is 550. The van der Waals surface area contributed by atoms with Crippen molar-refractivity contribution >= 4 is 5.65 Å². The van der Waals surface area contributed by atoms with Crippen molar-refractivity contribution in [2.45, 2.75) is 0 Å². The molecule has 4 heteroatoms. The van der Waals surface area contributed by atoms with Gasteiger partial charge in [0, 0.05) is 6.20 Å². The number of pyridine rings is 1. The molecule has 0 amide bonds. The van der Waals surface area contributed by atoms with Crippen LogP contribution >= 0.6 is 0 Å². The summed E-state index contributed by atoms with van der Waals surface area (Å²) in [5.41, 5.74) is 2.94. The lowest BCUT2D eigenvalue weighted by molar-refractivity contribution is 1.18. The maximum atomic E-state index is 4.29. The first kappa shape index (κ1) is 7.32. The number of H-pyrrole nitrogens is 1. The van der Waals surface area contributed by atoms with E-state index in [1.54, 1.807) is 12.5 Å². The summed E-state index contributed by atoms with van der Waals surface area (Å²) >= 11 is 0. The maximum absolute atomic E-state index is 4.29. The molecular weight excluding hydrogens is 176 g/mol. The summed E-state index contributed by atoms with van der Waals surface area (Å²) in [4.78, 5) is 11.3. The molecule has 0 aliphatic heterocycles. The molecule has 0 atom stereocenters. The lowest BCUT2D eigenvalue weighted by atomic mass is 10.3. The molecule has 0 fully saturated rings. The van der Waals surface area contributed by atoms with Crippen LogP contribution in [-0.4, -0.2) is 19.4 Å². The van der Waals surface area contributed by atoms with Gasteiger partial charge in [0.2, 0.25) is 0 Å². The summed E-state index contributed by atoms with van der Waals surface area (Å²) in [5.74, 6) is 0. The van der Waals surface area contributed by atoms with Crippen LogP contribution in [0.5, 0.6) is 0 Å². The molecule has 3 aromatic rings. The average molecular weight is 184 g/mol. The number of nitrogens with one attached hydrogen (secondary N) is 1. The van der Waals surface area contributed by atoms with Gasteiger partial charge in [-0.3, -0.25) is 4.40 Å². The Morgan fingerprint density at radius 3 is 3.07 bits per heavy atom. The van der Waals surface area contributed by atoms with Crippen molar-refractivity contribution in [3.05, 3.63) is 43.1 Å². The van der Waals surface area contributed by atoms with Crippen LogP contribution in [0.25, 0.3) is 17.0 Å². The van der Waals surface area contributed by atoms with E-state index in [0.29, 0.717) is 0 Å². The van der Waals surface area contributed by atoms with Crippen LogP contribution in [0.4, 0.5) is 0 Å². The predicted octanol–water partition coefficient (Wildman–Crippen LogP) is 1.72. The Morgan fingerprint density at radius 2 is 2.21 bits per heavy atom. The van der Waals surface area contributed by atoms with Gasteiger partial charge in [0.05, 0.1) is 30.1 Å². The van der Waals surface area contributed by atoms with Crippen LogP contribution in [-0.2, 0) is 0 Å². The maximum Gasteiger partial charge on any atom is 0.137 e. The van der Waals surface area contributed by atoms with E-state index in [2.05, 4.69) is 15.0 Å². The molecule has 0 spiro atoms. The fourth-order valence-electron chi connectivity index (χ4n) is 1.53. The molecule has 1 N–H and O–H groups in total. The van der Waals surface area contributed by atoms with Gasteiger partial charge in [-0.25, -0.2) is 9.97 Å². The minimum atomic E-state index is 0.942. The van der Waals surface area contributed by atoms with E-state index in [4.69, 9.17) is 0 Å². The first-order valence-corrected chi connectivity index (χ1v) is 4.36. The van der Waals surface area contributed by atoms with Gasteiger partial charge in [-0.05, 0) is 12.1 Å². The predicted molar refractivity (Wildman–Crippen MR) is 52.8 cm³/mol. The molecule has 0 radical (unpaired) electrons. The third-order valence-corrected chi connectivity index (χ3v) is 2.19. The summed E-state index contributed by atoms with van der Waals surface area (Å²) < 4.78 is 2.02. The Kier molecular flexibility index (Phi) is 1.41. The number of imidazole rings is 2. The molecule has 4 nitrogen and oxygen atoms in total. The van der Waals surface area contributed by atoms with E-state index in [1.807, 2.05) is 35.0 Å². The van der Waals surface area contributed by atoms with Gasteiger partial charge in [0.15, 0.2) is 0 Å². The number of nitrogens with zero attached hydrogens (tertiary/aromatic N) is 3. The van der Waals surface area contributed by atoms with Crippen LogP contribution in [0.15, 0.2) is 43.1 Å². The normalized spacial score (nSPS) is 10.9. The smallest absolute Gasteiger partial charge is 0.137 e. The molecule has 0 aliphatic carbocycles. The number of fused-ring (bicyclic) bond motifs is 1. The molecule has 14 heavy (non-hydrogen) atoms. The third-order valence-electron chi connectivity index (χ3n) is 2.19. The van der Waals surface area contributed by atoms with Gasteiger partial charge in [-0.2, -0.15) is 0 Å². The number of aromatic amines is 1. The summed E-state index contributed by atoms with van der Waals surface area (Å²) in [7, 11) is 0. The average Bonchev–Trinajstić information content (AvgIpc) is 2.85. The molecule has 0 unspecified atom stereocenters. The molecule has 0 aromatic carbocycles. The van der Waals surface area contributed by atoms with E-state index in [9.17, 15) is 0 Å². The molecular formula is C10H8N4. The zero-order valence-electron chi connectivity index (χ0n) is 7.38. The van der Waals surface area contributed by atoms with Crippen molar-refractivity contribution in [2.75, 3.05) is 0 Å². The molecule has 68 valence electrons. The topological polar surface area (TPSA) is 46.0 Å². The fourth-order valence-corrected chi connectivity index (χ4v) is 1.53. The van der Waals surface area contributed by atoms with Crippen LogP contribution < -0.4 is 0 Å². The zero-order chi connectivity index (χ0) is 9.38. The summed E-state index contributed by atoms with van der Waals surface area (Å²) in [6.45, 7) is 0. The second-order valence-electron chi connectivity index (χ2n) is 3.04. The van der Waals surface area contributed by atoms with Crippen molar-refractivity contribution in [1.82, 2.24) is 19.4 Å². The number of rotatable bonds is 1. The lowest BCUT2D eigenvalue weighted by Crippen LogP contribution is -1.86. The van der Waals surface area contributed by atoms with Crippen molar-refractivity contribution in [2.24, 2.45) is 0 Å². The Labute approximate surface area is 80.3 Å². The van der Waals surface area contributed by atoms with Gasteiger partial charge < -0.3 is 4.98 Å². The molecule has 3 rings (SSSR count). The molecule has 0 saturated carbocycles. The van der Waals surface area contributed by atoms with Crippen molar-refractivity contribution in [3.63, 3.8) is 0 Å². The number of hydrogen-bond acceptors (Lipinski definition) is 2. The second kappa shape index (κ2) is 2.70. The summed E-state index contributed by atoms with van der Waals surface area (Å²) in [6.07, 6.45) is 7.27. The Morgan fingerprint density at radius 1 is 1.21 bits per heavy atom. The van der Waals surface area contributed by atoms with Crippen molar-refractivity contribution in [3.8, 4) is 11.4 Å². The SMILES string of the molecule is c1ccn2c(-c3cnc[nH]3)cnc2c1. The largest absolute Gasteiger partial charge is 0.343 e. The summed E-state index contributed by atoms with van der Waals surface area (Å²) in [6, 6.07) is 5.92. The van der Waals surface area contributed by atoms with E-state index >= 15 is 0 Å². The highest BCUT2D eigenvalue weighted by molar-refractivity contribution is 5.58. The number of aromatic nitrogens is 4. The van der Waals surface area contributed by atoms with Crippen LogP contribution in [0.3, 0.4) is 0 Å². The molecule has 3 heterocycles. The van der Waals surface area contributed by atoms with E-state index in [1.165, 1.54) is 0 Å². The summed E-state index contributed by atoms with van der Waals surface area (Å²) in [5, 5.41) is 0. The van der Waals surface area contributed by atoms with E-state index in [0.717, 1.165) is 17.0 Å². The highest BCUT2D eigenvalue weighted by atomic mass is 15.0. The monoisotopic (exact) mass is 184 g/mol. The van der Waals surface area contributed by atoms with Gasteiger partial charge in [0.25, 0.3) is 0 Å². The Balaban J connectivity index is 2.33. The zero-order valence-corrected chi connectivity index (χ0v) is 7.38.